The lowest BCUT2D eigenvalue weighted by molar-refractivity contribution is -0.139. The topological polar surface area (TPSA) is 103 Å². The molecule has 1 aromatic heterocycles. The lowest BCUT2D eigenvalue weighted by Crippen LogP contribution is -2.40. The van der Waals surface area contributed by atoms with Crippen LogP contribution in [0.15, 0.2) is 68.0 Å². The van der Waals surface area contributed by atoms with E-state index in [4.69, 9.17) is 19.5 Å². The van der Waals surface area contributed by atoms with Gasteiger partial charge in [-0.05, 0) is 59.6 Å². The van der Waals surface area contributed by atoms with Crippen LogP contribution in [-0.4, -0.2) is 30.9 Å². The van der Waals surface area contributed by atoms with Gasteiger partial charge in [0.1, 0.15) is 17.6 Å². The molecule has 0 saturated carbocycles. The van der Waals surface area contributed by atoms with Crippen LogP contribution in [0.25, 0.3) is 6.08 Å². The summed E-state index contributed by atoms with van der Waals surface area (Å²) in [6.07, 6.45) is 1.71. The zero-order valence-electron chi connectivity index (χ0n) is 19.8. The van der Waals surface area contributed by atoms with Gasteiger partial charge < -0.3 is 14.2 Å². The van der Waals surface area contributed by atoms with E-state index in [-0.39, 0.29) is 18.8 Å². The van der Waals surface area contributed by atoms with Gasteiger partial charge in [0.05, 0.1) is 40.0 Å². The number of benzene rings is 2. The average molecular weight is 568 g/mol. The Morgan fingerprint density at radius 3 is 2.75 bits per heavy atom. The van der Waals surface area contributed by atoms with E-state index in [0.29, 0.717) is 47.7 Å². The highest BCUT2D eigenvalue weighted by Crippen LogP contribution is 2.35. The first-order valence-electron chi connectivity index (χ1n) is 11.0. The zero-order chi connectivity index (χ0) is 25.8. The molecule has 0 fully saturated rings. The highest BCUT2D eigenvalue weighted by Gasteiger charge is 2.33. The molecule has 1 aliphatic rings. The van der Waals surface area contributed by atoms with Gasteiger partial charge in [-0.2, -0.15) is 5.26 Å². The fourth-order valence-electron chi connectivity index (χ4n) is 3.94. The van der Waals surface area contributed by atoms with Crippen molar-refractivity contribution >= 4 is 39.3 Å². The van der Waals surface area contributed by atoms with Gasteiger partial charge in [-0.3, -0.25) is 9.36 Å². The Labute approximate surface area is 219 Å². The number of carbonyl (C=O) groups is 1. The van der Waals surface area contributed by atoms with E-state index in [2.05, 4.69) is 20.9 Å². The third kappa shape index (κ3) is 4.85. The number of para-hydroxylation sites is 1. The Balaban J connectivity index is 1.94. The number of ether oxygens (including phenoxy) is 3. The van der Waals surface area contributed by atoms with Crippen molar-refractivity contribution in [2.24, 2.45) is 4.99 Å². The van der Waals surface area contributed by atoms with Crippen molar-refractivity contribution in [1.82, 2.24) is 4.57 Å². The number of esters is 1. The van der Waals surface area contributed by atoms with Crippen molar-refractivity contribution in [3.8, 4) is 17.6 Å². The van der Waals surface area contributed by atoms with Crippen LogP contribution in [0, 0.1) is 11.3 Å². The molecule has 8 nitrogen and oxygen atoms in total. The van der Waals surface area contributed by atoms with Crippen LogP contribution in [0.5, 0.6) is 11.5 Å². The zero-order valence-corrected chi connectivity index (χ0v) is 22.2. The monoisotopic (exact) mass is 567 g/mol. The minimum Gasteiger partial charge on any atom is -0.496 e. The molecule has 2 heterocycles. The van der Waals surface area contributed by atoms with Crippen LogP contribution in [0.3, 0.4) is 0 Å². The molecular weight excluding hydrogens is 546 g/mol. The third-order valence-electron chi connectivity index (χ3n) is 5.51. The van der Waals surface area contributed by atoms with Gasteiger partial charge >= 0.3 is 5.97 Å². The number of methoxy groups -OCH3 is 1. The Morgan fingerprint density at radius 1 is 1.28 bits per heavy atom. The maximum absolute atomic E-state index is 13.7. The average Bonchev–Trinajstić information content (AvgIpc) is 3.16. The lowest BCUT2D eigenvalue weighted by Gasteiger charge is -2.25. The normalized spacial score (nSPS) is 15.1. The molecule has 0 amide bonds. The summed E-state index contributed by atoms with van der Waals surface area (Å²) in [5.74, 6) is 0.586. The third-order valence-corrected chi connectivity index (χ3v) is 7.11. The summed E-state index contributed by atoms with van der Waals surface area (Å²) in [4.78, 5) is 31.8. The summed E-state index contributed by atoms with van der Waals surface area (Å²) in [6.45, 7) is 3.55. The number of rotatable bonds is 7. The molecule has 0 saturated heterocycles. The number of thiazole rings is 1. The fraction of sp³-hybridized carbons (Fsp3) is 0.231. The molecule has 3 aromatic rings. The molecule has 4 rings (SSSR count). The molecule has 0 radical (unpaired) electrons. The second kappa shape index (κ2) is 10.9. The molecule has 0 bridgehead atoms. The molecule has 0 N–H and O–H groups in total. The van der Waals surface area contributed by atoms with Gasteiger partial charge in [-0.25, -0.2) is 9.79 Å². The molecule has 1 aliphatic heterocycles. The van der Waals surface area contributed by atoms with Gasteiger partial charge in [0, 0.05) is 5.56 Å². The molecule has 36 heavy (non-hydrogen) atoms. The molecule has 1 atom stereocenters. The van der Waals surface area contributed by atoms with Gasteiger partial charge in [-0.1, -0.05) is 35.6 Å². The SMILES string of the molecule is CCOC(=O)C1=C(C)N=c2s/c(=C/c3ccccc3OCC#N)c(=O)n2[C@H]1c1ccc(OC)c(Br)c1. The first-order valence-corrected chi connectivity index (χ1v) is 12.6. The maximum atomic E-state index is 13.7. The largest absolute Gasteiger partial charge is 0.496 e. The maximum Gasteiger partial charge on any atom is 0.338 e. The number of halogens is 1. The standard InChI is InChI=1S/C26H22BrN3O5S/c1-4-34-25(32)22-15(2)29-26-30(23(22)17-9-10-20(33-3)18(27)13-17)24(31)21(36-26)14-16-7-5-6-8-19(16)35-12-11-28/h5-10,13-14,23H,4,12H2,1-3H3/b21-14+/t23-/m0/s1. The highest BCUT2D eigenvalue weighted by molar-refractivity contribution is 9.10. The van der Waals surface area contributed by atoms with E-state index >= 15 is 0 Å². The Bertz CT molecular complexity index is 1580. The summed E-state index contributed by atoms with van der Waals surface area (Å²) in [5.41, 5.74) is 1.83. The number of fused-ring (bicyclic) bond motifs is 1. The summed E-state index contributed by atoms with van der Waals surface area (Å²) >= 11 is 4.72. The van der Waals surface area contributed by atoms with Crippen molar-refractivity contribution < 1.29 is 19.0 Å². The second-order valence-corrected chi connectivity index (χ2v) is 9.54. The summed E-state index contributed by atoms with van der Waals surface area (Å²) in [6, 6.07) is 13.8. The molecule has 2 aromatic carbocycles. The number of aromatic nitrogens is 1. The first-order chi connectivity index (χ1) is 17.4. The van der Waals surface area contributed by atoms with Crippen molar-refractivity contribution in [2.45, 2.75) is 19.9 Å². The minimum atomic E-state index is -0.741. The predicted octanol–water partition coefficient (Wildman–Crippen LogP) is 3.47. The lowest BCUT2D eigenvalue weighted by atomic mass is 9.96. The number of hydrogen-bond acceptors (Lipinski definition) is 8. The van der Waals surface area contributed by atoms with Crippen LogP contribution in [0.1, 0.15) is 31.0 Å². The number of hydrogen-bond donors (Lipinski definition) is 0. The van der Waals surface area contributed by atoms with E-state index < -0.39 is 12.0 Å². The molecule has 0 aliphatic carbocycles. The first kappa shape index (κ1) is 25.4. The van der Waals surface area contributed by atoms with E-state index in [9.17, 15) is 9.59 Å². The smallest absolute Gasteiger partial charge is 0.338 e. The van der Waals surface area contributed by atoms with Gasteiger partial charge in [0.2, 0.25) is 0 Å². The van der Waals surface area contributed by atoms with Crippen LogP contribution in [0.4, 0.5) is 0 Å². The van der Waals surface area contributed by atoms with Crippen LogP contribution < -0.4 is 24.4 Å². The van der Waals surface area contributed by atoms with E-state index in [1.165, 1.54) is 15.9 Å². The summed E-state index contributed by atoms with van der Waals surface area (Å²) < 4.78 is 18.8. The van der Waals surface area contributed by atoms with Gasteiger partial charge in [-0.15, -0.1) is 0 Å². The number of nitriles is 1. The molecule has 0 spiro atoms. The Hall–Kier alpha value is -3.68. The second-order valence-electron chi connectivity index (χ2n) is 7.68. The molecule has 184 valence electrons. The van der Waals surface area contributed by atoms with E-state index in [1.807, 2.05) is 24.3 Å². The predicted molar refractivity (Wildman–Crippen MR) is 139 cm³/mol. The van der Waals surface area contributed by atoms with Crippen molar-refractivity contribution in [2.75, 3.05) is 20.3 Å². The Kier molecular flexibility index (Phi) is 7.72. The summed E-state index contributed by atoms with van der Waals surface area (Å²) in [5, 5.41) is 8.88. The quantitative estimate of drug-likeness (QED) is 0.405. The number of carbonyl (C=O) groups excluding carboxylic acids is 1. The minimum absolute atomic E-state index is 0.111. The van der Waals surface area contributed by atoms with Crippen molar-refractivity contribution in [3.63, 3.8) is 0 Å². The van der Waals surface area contributed by atoms with Crippen molar-refractivity contribution in [3.05, 3.63) is 89.0 Å². The van der Waals surface area contributed by atoms with Gasteiger partial charge in [0.15, 0.2) is 11.4 Å². The fourth-order valence-corrected chi connectivity index (χ4v) is 5.54. The number of nitrogens with zero attached hydrogens (tertiary/aromatic N) is 3. The summed E-state index contributed by atoms with van der Waals surface area (Å²) in [7, 11) is 1.56. The Morgan fingerprint density at radius 2 is 2.06 bits per heavy atom. The molecular formula is C26H22BrN3O5S. The van der Waals surface area contributed by atoms with Crippen molar-refractivity contribution in [1.29, 1.82) is 5.26 Å². The van der Waals surface area contributed by atoms with Crippen LogP contribution in [0.2, 0.25) is 0 Å². The number of allylic oxidation sites excluding steroid dienone is 1. The molecule has 10 heteroatoms. The highest BCUT2D eigenvalue weighted by atomic mass is 79.9. The van der Waals surface area contributed by atoms with E-state index in [1.54, 1.807) is 51.3 Å². The van der Waals surface area contributed by atoms with Crippen LogP contribution >= 0.6 is 27.3 Å². The van der Waals surface area contributed by atoms with Crippen LogP contribution in [-0.2, 0) is 9.53 Å². The van der Waals surface area contributed by atoms with E-state index in [0.717, 1.165) is 0 Å². The molecule has 0 unspecified atom stereocenters. The van der Waals surface area contributed by atoms with Gasteiger partial charge in [0.25, 0.3) is 5.56 Å².